The molecule has 0 aliphatic rings. The third-order valence-corrected chi connectivity index (χ3v) is 3.51. The first-order valence-corrected chi connectivity index (χ1v) is 7.35. The Morgan fingerprint density at radius 3 is 2.50 bits per heavy atom. The average Bonchev–Trinajstić information content (AvgIpc) is 3.04. The van der Waals surface area contributed by atoms with Gasteiger partial charge in [-0.05, 0) is 18.2 Å². The van der Waals surface area contributed by atoms with Gasteiger partial charge in [-0.1, -0.05) is 6.92 Å². The first-order chi connectivity index (χ1) is 11.5. The molecular weight excluding hydrogens is 314 g/mol. The van der Waals surface area contributed by atoms with Gasteiger partial charge < -0.3 is 24.3 Å². The number of ether oxygens (including phenoxy) is 2. The van der Waals surface area contributed by atoms with Crippen LogP contribution in [0.2, 0.25) is 0 Å². The van der Waals surface area contributed by atoms with Crippen LogP contribution in [0.1, 0.15) is 39.2 Å². The molecule has 7 nitrogen and oxygen atoms in total. The van der Waals surface area contributed by atoms with E-state index in [1.165, 1.54) is 13.2 Å². The summed E-state index contributed by atoms with van der Waals surface area (Å²) in [5, 5.41) is 11.8. The molecule has 0 aliphatic carbocycles. The Bertz CT molecular complexity index is 750. The Morgan fingerprint density at radius 2 is 1.96 bits per heavy atom. The highest BCUT2D eigenvalue weighted by atomic mass is 16.5. The van der Waals surface area contributed by atoms with E-state index in [0.717, 1.165) is 5.56 Å². The molecule has 0 bridgehead atoms. The Kier molecular flexibility index (Phi) is 5.47. The molecule has 0 saturated carbocycles. The molecule has 1 aromatic heterocycles. The first-order valence-electron chi connectivity index (χ1n) is 7.35. The molecule has 0 saturated heterocycles. The summed E-state index contributed by atoms with van der Waals surface area (Å²) in [5.74, 6) is -0.139. The van der Waals surface area contributed by atoms with Crippen LogP contribution in [0.25, 0.3) is 0 Å². The molecule has 2 N–H and O–H groups in total. The molecule has 2 rings (SSSR count). The van der Waals surface area contributed by atoms with E-state index in [-0.39, 0.29) is 23.6 Å². The van der Waals surface area contributed by atoms with Gasteiger partial charge in [0.25, 0.3) is 5.91 Å². The third kappa shape index (κ3) is 3.68. The minimum atomic E-state index is -1.12. The number of hydrogen-bond acceptors (Lipinski definition) is 5. The number of rotatable bonds is 7. The van der Waals surface area contributed by atoms with Gasteiger partial charge in [0, 0.05) is 24.6 Å². The fourth-order valence-electron chi connectivity index (χ4n) is 2.27. The Morgan fingerprint density at radius 1 is 1.21 bits per heavy atom. The molecule has 7 heteroatoms. The summed E-state index contributed by atoms with van der Waals surface area (Å²) in [6.07, 6.45) is 0.388. The summed E-state index contributed by atoms with van der Waals surface area (Å²) in [6, 6.07) is 6.48. The fourth-order valence-corrected chi connectivity index (χ4v) is 2.27. The number of aryl methyl sites for hydroxylation is 1. The Labute approximate surface area is 139 Å². The molecule has 128 valence electrons. The van der Waals surface area contributed by atoms with Gasteiger partial charge in [0.15, 0.2) is 5.76 Å². The number of hydrogen-bond donors (Lipinski definition) is 2. The molecule has 0 unspecified atom stereocenters. The number of carboxylic acid groups (broad SMARTS) is 1. The van der Waals surface area contributed by atoms with Crippen LogP contribution in [0, 0.1) is 0 Å². The minimum absolute atomic E-state index is 0.00149. The van der Waals surface area contributed by atoms with Crippen LogP contribution in [0.5, 0.6) is 11.5 Å². The highest BCUT2D eigenvalue weighted by Gasteiger charge is 2.20. The summed E-state index contributed by atoms with van der Waals surface area (Å²) in [4.78, 5) is 23.3. The van der Waals surface area contributed by atoms with Crippen LogP contribution in [0.3, 0.4) is 0 Å². The maximum Gasteiger partial charge on any atom is 0.339 e. The van der Waals surface area contributed by atoms with Crippen LogP contribution in [0.15, 0.2) is 28.7 Å². The quantitative estimate of drug-likeness (QED) is 0.808. The van der Waals surface area contributed by atoms with Crippen molar-refractivity contribution in [1.29, 1.82) is 0 Å². The monoisotopic (exact) mass is 333 g/mol. The van der Waals surface area contributed by atoms with E-state index in [4.69, 9.17) is 19.0 Å². The Balaban J connectivity index is 2.15. The Hall–Kier alpha value is -2.96. The van der Waals surface area contributed by atoms with Crippen molar-refractivity contribution in [3.63, 3.8) is 0 Å². The molecule has 1 heterocycles. The van der Waals surface area contributed by atoms with Crippen LogP contribution < -0.4 is 14.8 Å². The molecule has 2 aromatic rings. The standard InChI is InChI=1S/C17H19NO6/c1-4-13-12(17(20)21)8-15(24-13)16(19)18-9-10-7-11(22-2)5-6-14(10)23-3/h5-8H,4,9H2,1-3H3,(H,18,19)(H,20,21). The van der Waals surface area contributed by atoms with Crippen molar-refractivity contribution in [2.45, 2.75) is 19.9 Å². The summed E-state index contributed by atoms with van der Waals surface area (Å²) < 4.78 is 15.7. The lowest BCUT2D eigenvalue weighted by Gasteiger charge is -2.11. The third-order valence-electron chi connectivity index (χ3n) is 3.51. The number of amides is 1. The van der Waals surface area contributed by atoms with Crippen molar-refractivity contribution in [1.82, 2.24) is 5.32 Å². The van der Waals surface area contributed by atoms with Gasteiger partial charge in [-0.25, -0.2) is 4.79 Å². The maximum atomic E-state index is 12.2. The topological polar surface area (TPSA) is 98.0 Å². The number of furan rings is 1. The van der Waals surface area contributed by atoms with E-state index in [1.54, 1.807) is 32.2 Å². The van der Waals surface area contributed by atoms with Crippen LogP contribution in [-0.2, 0) is 13.0 Å². The normalized spacial score (nSPS) is 10.3. The lowest BCUT2D eigenvalue weighted by atomic mass is 10.2. The summed E-state index contributed by atoms with van der Waals surface area (Å²) >= 11 is 0. The van der Waals surface area contributed by atoms with Crippen molar-refractivity contribution < 1.29 is 28.6 Å². The predicted molar refractivity (Wildman–Crippen MR) is 85.8 cm³/mol. The van der Waals surface area contributed by atoms with Crippen molar-refractivity contribution >= 4 is 11.9 Å². The van der Waals surface area contributed by atoms with Gasteiger partial charge in [-0.2, -0.15) is 0 Å². The molecule has 0 spiro atoms. The maximum absolute atomic E-state index is 12.2. The van der Waals surface area contributed by atoms with Crippen molar-refractivity contribution in [2.75, 3.05) is 14.2 Å². The van der Waals surface area contributed by atoms with E-state index in [1.807, 2.05) is 0 Å². The van der Waals surface area contributed by atoms with E-state index >= 15 is 0 Å². The SMILES string of the molecule is CCc1oc(C(=O)NCc2cc(OC)ccc2OC)cc1C(=O)O. The highest BCUT2D eigenvalue weighted by Crippen LogP contribution is 2.24. The molecule has 1 amide bonds. The summed E-state index contributed by atoms with van der Waals surface area (Å²) in [7, 11) is 3.08. The molecule has 1 aromatic carbocycles. The molecular formula is C17H19NO6. The fraction of sp³-hybridized carbons (Fsp3) is 0.294. The van der Waals surface area contributed by atoms with Crippen molar-refractivity contribution in [3.05, 3.63) is 46.9 Å². The van der Waals surface area contributed by atoms with Crippen molar-refractivity contribution in [3.8, 4) is 11.5 Å². The van der Waals surface area contributed by atoms with E-state index in [2.05, 4.69) is 5.32 Å². The van der Waals surface area contributed by atoms with Crippen molar-refractivity contribution in [2.24, 2.45) is 0 Å². The summed E-state index contributed by atoms with van der Waals surface area (Å²) in [5.41, 5.74) is 0.729. The van der Waals surface area contributed by atoms with E-state index in [9.17, 15) is 9.59 Å². The first kappa shape index (κ1) is 17.4. The number of methoxy groups -OCH3 is 2. The second-order valence-corrected chi connectivity index (χ2v) is 4.97. The largest absolute Gasteiger partial charge is 0.497 e. The number of nitrogens with one attached hydrogen (secondary N) is 1. The molecule has 0 aliphatic heterocycles. The number of benzene rings is 1. The smallest absolute Gasteiger partial charge is 0.339 e. The van der Waals surface area contributed by atoms with E-state index in [0.29, 0.717) is 17.9 Å². The zero-order chi connectivity index (χ0) is 17.7. The number of carbonyl (C=O) groups excluding carboxylic acids is 1. The summed E-state index contributed by atoms with van der Waals surface area (Å²) in [6.45, 7) is 1.94. The molecule has 0 radical (unpaired) electrons. The van der Waals surface area contributed by atoms with E-state index < -0.39 is 11.9 Å². The average molecular weight is 333 g/mol. The zero-order valence-electron chi connectivity index (χ0n) is 13.7. The second-order valence-electron chi connectivity index (χ2n) is 4.97. The molecule has 0 atom stereocenters. The van der Waals surface area contributed by atoms with Crippen LogP contribution in [-0.4, -0.2) is 31.2 Å². The lowest BCUT2D eigenvalue weighted by Crippen LogP contribution is -2.22. The molecule has 0 fully saturated rings. The minimum Gasteiger partial charge on any atom is -0.497 e. The predicted octanol–water partition coefficient (Wildman–Crippen LogP) is 2.49. The molecule has 24 heavy (non-hydrogen) atoms. The van der Waals surface area contributed by atoms with Gasteiger partial charge >= 0.3 is 5.97 Å². The zero-order valence-corrected chi connectivity index (χ0v) is 13.7. The lowest BCUT2D eigenvalue weighted by molar-refractivity contribution is 0.0694. The second kappa shape index (κ2) is 7.54. The van der Waals surface area contributed by atoms with Gasteiger partial charge in [0.1, 0.15) is 22.8 Å². The van der Waals surface area contributed by atoms with Gasteiger partial charge in [0.05, 0.1) is 14.2 Å². The van der Waals surface area contributed by atoms with Gasteiger partial charge in [-0.15, -0.1) is 0 Å². The van der Waals surface area contributed by atoms with Gasteiger partial charge in [0.2, 0.25) is 0 Å². The number of aromatic carboxylic acids is 1. The number of carbonyl (C=O) groups is 2. The van der Waals surface area contributed by atoms with Crippen LogP contribution >= 0.6 is 0 Å². The highest BCUT2D eigenvalue weighted by molar-refractivity contribution is 5.96. The van der Waals surface area contributed by atoms with Crippen LogP contribution in [0.4, 0.5) is 0 Å². The van der Waals surface area contributed by atoms with Gasteiger partial charge in [-0.3, -0.25) is 4.79 Å². The number of carboxylic acids is 1.